The largest absolute Gasteiger partial charge is 0.434 e. The molecule has 0 atom stereocenters. The normalized spacial score (nSPS) is 12.1. The summed E-state index contributed by atoms with van der Waals surface area (Å²) < 4.78 is 63.9. The van der Waals surface area contributed by atoms with Gasteiger partial charge in [0, 0.05) is 5.56 Å². The molecule has 0 saturated heterocycles. The quantitative estimate of drug-likeness (QED) is 0.743. The van der Waals surface area contributed by atoms with E-state index < -0.39 is 40.5 Å². The molecule has 0 aromatic heterocycles. The van der Waals surface area contributed by atoms with Gasteiger partial charge in [0.1, 0.15) is 5.82 Å². The van der Waals surface area contributed by atoms with Gasteiger partial charge in [-0.2, -0.15) is 18.2 Å². The Kier molecular flexibility index (Phi) is 2.60. The molecule has 1 N–H and O–H groups in total. The molecule has 0 amide bonds. The van der Waals surface area contributed by atoms with Crippen molar-refractivity contribution in [3.63, 3.8) is 0 Å². The van der Waals surface area contributed by atoms with Crippen LogP contribution in [0.2, 0.25) is 0 Å². The highest BCUT2D eigenvalue weighted by Crippen LogP contribution is 2.34. The molecule has 0 spiro atoms. The van der Waals surface area contributed by atoms with Crippen molar-refractivity contribution in [1.82, 2.24) is 9.97 Å². The molecule has 0 aromatic carbocycles. The SMILES string of the molecule is Cc1cc2c(F)c(F)c(C(F)(F)F)[nH]c-2nc1=O. The topological polar surface area (TPSA) is 45.8 Å². The maximum atomic E-state index is 13.5. The number of aryl methyl sites for hydroxylation is 1. The number of H-pyrrole nitrogens is 1. The Labute approximate surface area is 96.6 Å². The number of alkyl halides is 3. The molecule has 2 aliphatic heterocycles. The lowest BCUT2D eigenvalue weighted by atomic mass is 10.1. The number of fused-ring (bicyclic) bond motifs is 1. The maximum absolute atomic E-state index is 13.5. The lowest BCUT2D eigenvalue weighted by molar-refractivity contribution is -0.144. The Morgan fingerprint density at radius 3 is 2.39 bits per heavy atom. The van der Waals surface area contributed by atoms with Crippen LogP contribution in [-0.4, -0.2) is 9.97 Å². The molecule has 0 aromatic rings. The third-order valence-corrected chi connectivity index (χ3v) is 2.34. The van der Waals surface area contributed by atoms with E-state index in [-0.39, 0.29) is 5.56 Å². The fourth-order valence-corrected chi connectivity index (χ4v) is 1.46. The number of pyridine rings is 2. The number of halogens is 5. The summed E-state index contributed by atoms with van der Waals surface area (Å²) >= 11 is 0. The lowest BCUT2D eigenvalue weighted by Gasteiger charge is -2.13. The monoisotopic (exact) mass is 264 g/mol. The van der Waals surface area contributed by atoms with Crippen molar-refractivity contribution in [3.8, 4) is 11.4 Å². The third kappa shape index (κ3) is 1.83. The Morgan fingerprint density at radius 1 is 1.22 bits per heavy atom. The van der Waals surface area contributed by atoms with Crippen LogP contribution in [0.15, 0.2) is 10.9 Å². The van der Waals surface area contributed by atoms with Gasteiger partial charge < -0.3 is 4.98 Å². The van der Waals surface area contributed by atoms with Gasteiger partial charge in [0.2, 0.25) is 0 Å². The van der Waals surface area contributed by atoms with Crippen molar-refractivity contribution in [2.75, 3.05) is 0 Å². The van der Waals surface area contributed by atoms with E-state index in [2.05, 4.69) is 4.98 Å². The second kappa shape index (κ2) is 3.76. The van der Waals surface area contributed by atoms with Crippen LogP contribution in [0.25, 0.3) is 11.4 Å². The number of rotatable bonds is 0. The Bertz CT molecular complexity index is 646. The lowest BCUT2D eigenvalue weighted by Crippen LogP contribution is -2.19. The van der Waals surface area contributed by atoms with Crippen LogP contribution >= 0.6 is 0 Å². The van der Waals surface area contributed by atoms with E-state index in [9.17, 15) is 26.7 Å². The van der Waals surface area contributed by atoms with Gasteiger partial charge in [-0.25, -0.2) is 8.78 Å². The van der Waals surface area contributed by atoms with Crippen LogP contribution in [0.4, 0.5) is 22.0 Å². The molecule has 0 fully saturated rings. The van der Waals surface area contributed by atoms with E-state index in [0.29, 0.717) is 0 Å². The summed E-state index contributed by atoms with van der Waals surface area (Å²) in [5.74, 6) is -4.38. The second-order valence-corrected chi connectivity index (χ2v) is 3.63. The minimum absolute atomic E-state index is 0.00830. The van der Waals surface area contributed by atoms with Gasteiger partial charge in [-0.1, -0.05) is 0 Å². The molecule has 3 nitrogen and oxygen atoms in total. The molecule has 18 heavy (non-hydrogen) atoms. The van der Waals surface area contributed by atoms with Gasteiger partial charge in [-0.3, -0.25) is 4.79 Å². The highest BCUT2D eigenvalue weighted by molar-refractivity contribution is 5.58. The van der Waals surface area contributed by atoms with Gasteiger partial charge in [-0.15, -0.1) is 0 Å². The van der Waals surface area contributed by atoms with Gasteiger partial charge in [-0.05, 0) is 13.0 Å². The fourth-order valence-electron chi connectivity index (χ4n) is 1.46. The van der Waals surface area contributed by atoms with E-state index in [1.54, 1.807) is 4.98 Å². The fraction of sp³-hybridized carbons (Fsp3) is 0.200. The first-order chi connectivity index (χ1) is 8.21. The Hall–Kier alpha value is -1.99. The third-order valence-electron chi connectivity index (χ3n) is 2.34. The van der Waals surface area contributed by atoms with Crippen LogP contribution in [0.1, 0.15) is 11.3 Å². The van der Waals surface area contributed by atoms with Crippen LogP contribution in [0.3, 0.4) is 0 Å². The highest BCUT2D eigenvalue weighted by Gasteiger charge is 2.38. The smallest absolute Gasteiger partial charge is 0.333 e. The van der Waals surface area contributed by atoms with Crippen LogP contribution in [-0.2, 0) is 6.18 Å². The first kappa shape index (κ1) is 12.5. The highest BCUT2D eigenvalue weighted by atomic mass is 19.4. The average molecular weight is 264 g/mol. The standard InChI is InChI=1S/C10H5F5N2O/c1-3-2-4-5(11)6(12)7(10(13,14)15)16-8(4)17-9(3)18/h2H,1H3,(H,16,17,18). The van der Waals surface area contributed by atoms with E-state index in [4.69, 9.17) is 0 Å². The number of hydrogen-bond acceptors (Lipinski definition) is 2. The van der Waals surface area contributed by atoms with Crippen molar-refractivity contribution < 1.29 is 22.0 Å². The summed E-state index contributed by atoms with van der Waals surface area (Å²) in [6.45, 7) is 1.30. The van der Waals surface area contributed by atoms with Crippen molar-refractivity contribution >= 4 is 0 Å². The molecule has 0 saturated carbocycles. The van der Waals surface area contributed by atoms with Gasteiger partial charge in [0.05, 0.1) is 5.56 Å². The van der Waals surface area contributed by atoms with E-state index in [1.807, 2.05) is 0 Å². The summed E-state index contributed by atoms with van der Waals surface area (Å²) in [7, 11) is 0. The molecule has 0 aliphatic carbocycles. The second-order valence-electron chi connectivity index (χ2n) is 3.63. The summed E-state index contributed by atoms with van der Waals surface area (Å²) in [5, 5.41) is 0. The minimum Gasteiger partial charge on any atom is -0.333 e. The maximum Gasteiger partial charge on any atom is 0.434 e. The summed E-state index contributed by atoms with van der Waals surface area (Å²) in [6.07, 6.45) is -5.10. The van der Waals surface area contributed by atoms with Gasteiger partial charge >= 0.3 is 6.18 Å². The predicted molar refractivity (Wildman–Crippen MR) is 51.1 cm³/mol. The predicted octanol–water partition coefficient (Wildman–Crippen LogP) is 2.48. The summed E-state index contributed by atoms with van der Waals surface area (Å²) in [6, 6.07) is 0.944. The number of nitrogens with zero attached hydrogens (tertiary/aromatic N) is 1. The van der Waals surface area contributed by atoms with Crippen molar-refractivity contribution in [3.05, 3.63) is 39.3 Å². The van der Waals surface area contributed by atoms with Crippen LogP contribution in [0, 0.1) is 18.6 Å². The summed E-state index contributed by atoms with van der Waals surface area (Å²) in [4.78, 5) is 16.0. The van der Waals surface area contributed by atoms with Crippen molar-refractivity contribution in [2.45, 2.75) is 13.1 Å². The van der Waals surface area contributed by atoms with E-state index >= 15 is 0 Å². The molecule has 2 aliphatic rings. The molecule has 0 radical (unpaired) electrons. The molecule has 0 unspecified atom stereocenters. The van der Waals surface area contributed by atoms with Crippen LogP contribution in [0.5, 0.6) is 0 Å². The zero-order chi connectivity index (χ0) is 13.7. The van der Waals surface area contributed by atoms with Gasteiger partial charge in [0.25, 0.3) is 5.56 Å². The molecular weight excluding hydrogens is 259 g/mol. The molecule has 0 bridgehead atoms. The molecule has 2 heterocycles. The average Bonchev–Trinajstić information content (AvgIpc) is 2.25. The van der Waals surface area contributed by atoms with Crippen molar-refractivity contribution in [2.24, 2.45) is 0 Å². The zero-order valence-corrected chi connectivity index (χ0v) is 8.82. The molecular formula is C10H5F5N2O. The minimum atomic E-state index is -5.10. The van der Waals surface area contributed by atoms with Crippen molar-refractivity contribution in [1.29, 1.82) is 0 Å². The number of hydrogen-bond donors (Lipinski definition) is 1. The van der Waals surface area contributed by atoms with E-state index in [1.165, 1.54) is 6.92 Å². The van der Waals surface area contributed by atoms with Gasteiger partial charge in [0.15, 0.2) is 17.3 Å². The Morgan fingerprint density at radius 2 is 1.83 bits per heavy atom. The number of nitrogens with one attached hydrogen (secondary N) is 1. The van der Waals surface area contributed by atoms with Crippen LogP contribution < -0.4 is 5.56 Å². The molecule has 8 heteroatoms. The first-order valence-corrected chi connectivity index (χ1v) is 4.67. The number of aromatic nitrogens is 2. The van der Waals surface area contributed by atoms with E-state index in [0.717, 1.165) is 6.07 Å². The first-order valence-electron chi connectivity index (χ1n) is 4.67. The molecule has 2 rings (SSSR count). The zero-order valence-electron chi connectivity index (χ0n) is 8.82. The Balaban J connectivity index is 2.89. The number of aromatic amines is 1. The molecule has 96 valence electrons. The summed E-state index contributed by atoms with van der Waals surface area (Å²) in [5.41, 5.74) is -3.20.